The third-order valence-corrected chi connectivity index (χ3v) is 6.70. The topological polar surface area (TPSA) is 85.7 Å². The lowest BCUT2D eigenvalue weighted by Crippen LogP contribution is -2.41. The molecule has 5 rings (SSSR count). The average Bonchev–Trinajstić information content (AvgIpc) is 3.30. The van der Waals surface area contributed by atoms with Gasteiger partial charge in [-0.3, -0.25) is 0 Å². The molecule has 1 aromatic heterocycles. The highest BCUT2D eigenvalue weighted by molar-refractivity contribution is 5.82. The quantitative estimate of drug-likeness (QED) is 0.584. The number of nitrogens with one attached hydrogen (secondary N) is 1. The van der Waals surface area contributed by atoms with Crippen molar-refractivity contribution in [2.75, 3.05) is 13.9 Å². The Balaban J connectivity index is 1.15. The molecule has 2 aromatic carbocycles. The second-order valence-electron chi connectivity index (χ2n) is 8.77. The van der Waals surface area contributed by atoms with Gasteiger partial charge in [0.1, 0.15) is 12.1 Å². The Kier molecular flexibility index (Phi) is 5.85. The van der Waals surface area contributed by atoms with E-state index in [1.165, 1.54) is 5.56 Å². The molecule has 2 heterocycles. The van der Waals surface area contributed by atoms with Crippen LogP contribution in [0.25, 0.3) is 10.9 Å². The van der Waals surface area contributed by atoms with Gasteiger partial charge in [-0.05, 0) is 74.4 Å². The van der Waals surface area contributed by atoms with Crippen LogP contribution in [-0.2, 0) is 13.0 Å². The molecule has 2 aliphatic rings. The van der Waals surface area contributed by atoms with Crippen molar-refractivity contribution in [1.82, 2.24) is 15.3 Å². The first-order chi connectivity index (χ1) is 15.6. The van der Waals surface area contributed by atoms with E-state index in [-0.39, 0.29) is 0 Å². The van der Waals surface area contributed by atoms with Crippen molar-refractivity contribution in [2.45, 2.75) is 56.7 Å². The minimum absolute atomic E-state index is 0.297. The maximum atomic E-state index is 11.2. The fourth-order valence-electron chi connectivity index (χ4n) is 4.69. The van der Waals surface area contributed by atoms with Gasteiger partial charge >= 0.3 is 0 Å². The number of hydrogen-bond donors (Lipinski definition) is 2. The van der Waals surface area contributed by atoms with Gasteiger partial charge in [0.15, 0.2) is 11.5 Å². The Morgan fingerprint density at radius 3 is 2.78 bits per heavy atom. The van der Waals surface area contributed by atoms with Crippen LogP contribution >= 0.6 is 0 Å². The predicted molar refractivity (Wildman–Crippen MR) is 121 cm³/mol. The summed E-state index contributed by atoms with van der Waals surface area (Å²) in [6.07, 6.45) is 6.52. The second-order valence-corrected chi connectivity index (χ2v) is 8.77. The highest BCUT2D eigenvalue weighted by Gasteiger charge is 2.33. The molecule has 7 heteroatoms. The van der Waals surface area contributed by atoms with Gasteiger partial charge < -0.3 is 24.6 Å². The highest BCUT2D eigenvalue weighted by Crippen LogP contribution is 2.34. The van der Waals surface area contributed by atoms with Crippen molar-refractivity contribution in [3.05, 3.63) is 54.0 Å². The number of fused-ring (bicyclic) bond motifs is 2. The first kappa shape index (κ1) is 21.0. The minimum Gasteiger partial charge on any atom is -0.497 e. The Hall–Kier alpha value is -2.90. The zero-order chi connectivity index (χ0) is 22.0. The maximum Gasteiger partial charge on any atom is 0.231 e. The molecule has 0 atom stereocenters. The van der Waals surface area contributed by atoms with Crippen molar-refractivity contribution in [2.24, 2.45) is 0 Å². The molecule has 32 heavy (non-hydrogen) atoms. The van der Waals surface area contributed by atoms with Crippen LogP contribution in [0.3, 0.4) is 0 Å². The molecule has 1 aliphatic heterocycles. The second kappa shape index (κ2) is 8.92. The van der Waals surface area contributed by atoms with Gasteiger partial charge in [-0.25, -0.2) is 9.97 Å². The Labute approximate surface area is 187 Å². The summed E-state index contributed by atoms with van der Waals surface area (Å²) in [6, 6.07) is 12.3. The summed E-state index contributed by atoms with van der Waals surface area (Å²) in [6.45, 7) is 1.08. The molecule has 0 amide bonds. The minimum atomic E-state index is -0.646. The van der Waals surface area contributed by atoms with Gasteiger partial charge in [0, 0.05) is 18.0 Å². The first-order valence-electron chi connectivity index (χ1n) is 11.2. The molecule has 7 nitrogen and oxygen atoms in total. The molecular formula is C25H29N3O4. The molecule has 3 aromatic rings. The van der Waals surface area contributed by atoms with Crippen LogP contribution in [0, 0.1) is 0 Å². The zero-order valence-electron chi connectivity index (χ0n) is 18.3. The Bertz CT molecular complexity index is 1100. The van der Waals surface area contributed by atoms with Crippen LogP contribution in [0.15, 0.2) is 42.7 Å². The summed E-state index contributed by atoms with van der Waals surface area (Å²) in [5.74, 6) is 2.42. The van der Waals surface area contributed by atoms with Gasteiger partial charge in [-0.1, -0.05) is 6.07 Å². The monoisotopic (exact) mass is 435 g/mol. The summed E-state index contributed by atoms with van der Waals surface area (Å²) in [5, 5.41) is 15.8. The van der Waals surface area contributed by atoms with Gasteiger partial charge in [-0.15, -0.1) is 0 Å². The number of nitrogens with zero attached hydrogens (tertiary/aromatic N) is 2. The maximum absolute atomic E-state index is 11.2. The number of benzene rings is 2. The molecule has 0 unspecified atom stereocenters. The first-order valence-corrected chi connectivity index (χ1v) is 11.2. The van der Waals surface area contributed by atoms with E-state index in [1.807, 2.05) is 30.3 Å². The lowest BCUT2D eigenvalue weighted by Gasteiger charge is -2.36. The third-order valence-electron chi connectivity index (χ3n) is 6.70. The number of aromatic nitrogens is 2. The fourth-order valence-corrected chi connectivity index (χ4v) is 4.69. The van der Waals surface area contributed by atoms with E-state index in [1.54, 1.807) is 13.4 Å². The summed E-state index contributed by atoms with van der Waals surface area (Å²) in [5.41, 5.74) is 2.40. The molecule has 0 spiro atoms. The van der Waals surface area contributed by atoms with Crippen LogP contribution in [0.4, 0.5) is 0 Å². The normalized spacial score (nSPS) is 22.2. The van der Waals surface area contributed by atoms with Crippen LogP contribution < -0.4 is 19.5 Å². The fraction of sp³-hybridized carbons (Fsp3) is 0.440. The zero-order valence-corrected chi connectivity index (χ0v) is 18.3. The molecule has 168 valence electrons. The molecule has 0 bridgehead atoms. The average molecular weight is 436 g/mol. The van der Waals surface area contributed by atoms with E-state index >= 15 is 0 Å². The number of hydrogen-bond acceptors (Lipinski definition) is 7. The summed E-state index contributed by atoms with van der Waals surface area (Å²) >= 11 is 0. The number of aliphatic hydroxyl groups is 1. The molecule has 1 aliphatic carbocycles. The van der Waals surface area contributed by atoms with Crippen molar-refractivity contribution >= 4 is 10.9 Å². The van der Waals surface area contributed by atoms with Crippen LogP contribution in [0.1, 0.15) is 43.4 Å². The largest absolute Gasteiger partial charge is 0.497 e. The SMILES string of the molecule is COc1ccc2ncnc(CCC3(O)CCC(NCc4ccc5c(c4)OCO5)CC3)c2c1. The van der Waals surface area contributed by atoms with E-state index in [4.69, 9.17) is 14.2 Å². The van der Waals surface area contributed by atoms with Crippen molar-refractivity contribution in [3.63, 3.8) is 0 Å². The molecule has 1 fully saturated rings. The molecular weight excluding hydrogens is 406 g/mol. The summed E-state index contributed by atoms with van der Waals surface area (Å²) in [4.78, 5) is 8.84. The Morgan fingerprint density at radius 2 is 1.94 bits per heavy atom. The number of methoxy groups -OCH3 is 1. The van der Waals surface area contributed by atoms with E-state index in [2.05, 4.69) is 21.4 Å². The highest BCUT2D eigenvalue weighted by atomic mass is 16.7. The van der Waals surface area contributed by atoms with Gasteiger partial charge in [0.05, 0.1) is 23.9 Å². The van der Waals surface area contributed by atoms with Gasteiger partial charge in [0.2, 0.25) is 6.79 Å². The van der Waals surface area contributed by atoms with Crippen molar-refractivity contribution in [3.8, 4) is 17.2 Å². The number of rotatable bonds is 7. The summed E-state index contributed by atoms with van der Waals surface area (Å²) < 4.78 is 16.2. The number of aryl methyl sites for hydroxylation is 1. The van der Waals surface area contributed by atoms with Crippen LogP contribution in [-0.4, -0.2) is 40.6 Å². The van der Waals surface area contributed by atoms with Gasteiger partial charge in [0.25, 0.3) is 0 Å². The smallest absolute Gasteiger partial charge is 0.231 e. The van der Waals surface area contributed by atoms with Crippen molar-refractivity contribution < 1.29 is 19.3 Å². The molecule has 1 saturated carbocycles. The molecule has 0 radical (unpaired) electrons. The predicted octanol–water partition coefficient (Wildman–Crippen LogP) is 3.76. The van der Waals surface area contributed by atoms with E-state index in [9.17, 15) is 5.11 Å². The number of ether oxygens (including phenoxy) is 3. The van der Waals surface area contributed by atoms with Crippen molar-refractivity contribution in [1.29, 1.82) is 0 Å². The van der Waals surface area contributed by atoms with E-state index in [0.717, 1.165) is 72.5 Å². The molecule has 0 saturated heterocycles. The Morgan fingerprint density at radius 1 is 1.09 bits per heavy atom. The van der Waals surface area contributed by atoms with E-state index < -0.39 is 5.60 Å². The third kappa shape index (κ3) is 4.49. The lowest BCUT2D eigenvalue weighted by molar-refractivity contribution is -0.0109. The standard InChI is InChI=1S/C25H29N3O4/c1-30-19-3-4-21-20(13-19)22(28-15-27-21)8-11-25(29)9-6-18(7-10-25)26-14-17-2-5-23-24(12-17)32-16-31-23/h2-5,12-13,15,18,26,29H,6-11,14,16H2,1H3. The molecule has 2 N–H and O–H groups in total. The lowest BCUT2D eigenvalue weighted by atomic mass is 9.79. The van der Waals surface area contributed by atoms with Crippen LogP contribution in [0.5, 0.6) is 17.2 Å². The van der Waals surface area contributed by atoms with Crippen LogP contribution in [0.2, 0.25) is 0 Å². The van der Waals surface area contributed by atoms with Gasteiger partial charge in [-0.2, -0.15) is 0 Å². The van der Waals surface area contributed by atoms with E-state index in [0.29, 0.717) is 19.3 Å². The summed E-state index contributed by atoms with van der Waals surface area (Å²) in [7, 11) is 1.66.